The largest absolute Gasteiger partial charge is 0.469 e. The highest BCUT2D eigenvalue weighted by Crippen LogP contribution is 2.41. The highest BCUT2D eigenvalue weighted by Gasteiger charge is 2.56. The maximum absolute atomic E-state index is 11.5. The molecule has 0 aliphatic carbocycles. The zero-order valence-corrected chi connectivity index (χ0v) is 8.32. The van der Waals surface area contributed by atoms with Gasteiger partial charge in [-0.15, -0.1) is 0 Å². The summed E-state index contributed by atoms with van der Waals surface area (Å²) in [7, 11) is 2.83. The first-order valence-electron chi connectivity index (χ1n) is 4.66. The summed E-state index contributed by atoms with van der Waals surface area (Å²) in [5, 5.41) is 0. The van der Waals surface area contributed by atoms with Gasteiger partial charge in [0.1, 0.15) is 5.92 Å². The Balaban J connectivity index is 2.19. The van der Waals surface area contributed by atoms with E-state index in [-0.39, 0.29) is 12.1 Å². The third kappa shape index (κ3) is 1.32. The summed E-state index contributed by atoms with van der Waals surface area (Å²) in [6.07, 6.45) is 1.55. The van der Waals surface area contributed by atoms with E-state index in [0.717, 1.165) is 6.42 Å². The van der Waals surface area contributed by atoms with Crippen LogP contribution in [0.15, 0.2) is 0 Å². The second-order valence-corrected chi connectivity index (χ2v) is 3.51. The molecule has 0 spiro atoms. The molecule has 2 aliphatic rings. The fraction of sp³-hybridized carbons (Fsp3) is 0.889. The fourth-order valence-electron chi connectivity index (χ4n) is 2.02. The molecule has 2 heterocycles. The molecular weight excluding hydrogens is 188 g/mol. The average molecular weight is 202 g/mol. The summed E-state index contributed by atoms with van der Waals surface area (Å²) in [6.45, 7) is 0.487. The molecule has 2 saturated heterocycles. The maximum Gasteiger partial charge on any atom is 0.316 e. The quantitative estimate of drug-likeness (QED) is 0.602. The molecule has 2 bridgehead atoms. The number of esters is 1. The van der Waals surface area contributed by atoms with Crippen LogP contribution in [-0.2, 0) is 23.7 Å². The molecule has 0 aromatic rings. The van der Waals surface area contributed by atoms with Crippen molar-refractivity contribution in [3.63, 3.8) is 0 Å². The molecule has 3 atom stereocenters. The first kappa shape index (κ1) is 9.89. The van der Waals surface area contributed by atoms with Crippen LogP contribution in [0.4, 0.5) is 0 Å². The Morgan fingerprint density at radius 3 is 2.86 bits per heavy atom. The van der Waals surface area contributed by atoms with E-state index in [1.54, 1.807) is 0 Å². The molecule has 80 valence electrons. The van der Waals surface area contributed by atoms with Crippen LogP contribution in [0.5, 0.6) is 0 Å². The molecule has 0 radical (unpaired) electrons. The van der Waals surface area contributed by atoms with Crippen molar-refractivity contribution in [1.82, 2.24) is 0 Å². The van der Waals surface area contributed by atoms with Gasteiger partial charge >= 0.3 is 5.97 Å². The van der Waals surface area contributed by atoms with Gasteiger partial charge in [-0.2, -0.15) is 0 Å². The van der Waals surface area contributed by atoms with Gasteiger partial charge in [0, 0.05) is 7.11 Å². The van der Waals surface area contributed by atoms with Gasteiger partial charge in [-0.05, 0) is 12.8 Å². The number of hydrogen-bond donors (Lipinski definition) is 0. The molecular formula is C9H14O5. The molecule has 0 amide bonds. The van der Waals surface area contributed by atoms with E-state index >= 15 is 0 Å². The molecule has 5 nitrogen and oxygen atoms in total. The van der Waals surface area contributed by atoms with Crippen LogP contribution in [0.1, 0.15) is 12.8 Å². The summed E-state index contributed by atoms with van der Waals surface area (Å²) in [5.41, 5.74) is 0. The monoisotopic (exact) mass is 202 g/mol. The maximum atomic E-state index is 11.5. The van der Waals surface area contributed by atoms with Crippen molar-refractivity contribution in [2.24, 2.45) is 5.92 Å². The average Bonchev–Trinajstić information content (AvgIpc) is 2.56. The van der Waals surface area contributed by atoms with Crippen LogP contribution in [0.2, 0.25) is 0 Å². The Hall–Kier alpha value is -0.650. The van der Waals surface area contributed by atoms with E-state index in [4.69, 9.17) is 14.2 Å². The Morgan fingerprint density at radius 2 is 2.21 bits per heavy atom. The van der Waals surface area contributed by atoms with Gasteiger partial charge in [0.05, 0.1) is 19.8 Å². The molecule has 0 saturated carbocycles. The first-order valence-corrected chi connectivity index (χ1v) is 4.66. The predicted molar refractivity (Wildman–Crippen MR) is 45.3 cm³/mol. The second-order valence-electron chi connectivity index (χ2n) is 3.51. The minimum absolute atomic E-state index is 0.0517. The number of methoxy groups -OCH3 is 2. The van der Waals surface area contributed by atoms with Crippen molar-refractivity contribution in [2.45, 2.75) is 24.9 Å². The zero-order valence-electron chi connectivity index (χ0n) is 8.32. The van der Waals surface area contributed by atoms with E-state index in [1.807, 2.05) is 0 Å². The number of hydrogen-bond acceptors (Lipinski definition) is 5. The molecule has 0 aromatic heterocycles. The molecule has 14 heavy (non-hydrogen) atoms. The fourth-order valence-corrected chi connectivity index (χ4v) is 2.02. The topological polar surface area (TPSA) is 54.0 Å². The van der Waals surface area contributed by atoms with Crippen LogP contribution >= 0.6 is 0 Å². The highest BCUT2D eigenvalue weighted by atomic mass is 16.9. The van der Waals surface area contributed by atoms with Gasteiger partial charge in [0.25, 0.3) is 5.97 Å². The van der Waals surface area contributed by atoms with Crippen LogP contribution in [0.25, 0.3) is 0 Å². The lowest BCUT2D eigenvalue weighted by Gasteiger charge is -2.35. The van der Waals surface area contributed by atoms with Crippen molar-refractivity contribution < 1.29 is 23.7 Å². The van der Waals surface area contributed by atoms with Gasteiger partial charge in [-0.25, -0.2) is 0 Å². The van der Waals surface area contributed by atoms with Gasteiger partial charge < -0.3 is 18.9 Å². The summed E-state index contributed by atoms with van der Waals surface area (Å²) >= 11 is 0. The number of rotatable bonds is 2. The minimum Gasteiger partial charge on any atom is -0.469 e. The van der Waals surface area contributed by atoms with E-state index in [1.165, 1.54) is 14.2 Å². The molecule has 0 aromatic carbocycles. The number of carbonyl (C=O) groups excluding carboxylic acids is 1. The van der Waals surface area contributed by atoms with Crippen molar-refractivity contribution >= 4 is 5.97 Å². The van der Waals surface area contributed by atoms with Crippen LogP contribution < -0.4 is 0 Å². The SMILES string of the molecule is COC(=O)[C@H]1CCC2COC1(OC)O2. The van der Waals surface area contributed by atoms with Crippen molar-refractivity contribution in [1.29, 1.82) is 0 Å². The lowest BCUT2D eigenvalue weighted by molar-refractivity contribution is -0.360. The lowest BCUT2D eigenvalue weighted by Crippen LogP contribution is -2.48. The van der Waals surface area contributed by atoms with E-state index in [2.05, 4.69) is 4.74 Å². The molecule has 2 unspecified atom stereocenters. The van der Waals surface area contributed by atoms with E-state index in [9.17, 15) is 4.79 Å². The van der Waals surface area contributed by atoms with E-state index < -0.39 is 11.9 Å². The Bertz CT molecular complexity index is 241. The number of ether oxygens (including phenoxy) is 4. The van der Waals surface area contributed by atoms with Crippen molar-refractivity contribution in [3.8, 4) is 0 Å². The number of carbonyl (C=O) groups is 1. The molecule has 2 fully saturated rings. The summed E-state index contributed by atoms with van der Waals surface area (Å²) in [6, 6.07) is 0. The Labute approximate surface area is 82.3 Å². The predicted octanol–water partition coefficient (Wildman–Crippen LogP) is 0.285. The van der Waals surface area contributed by atoms with Crippen LogP contribution in [0.3, 0.4) is 0 Å². The normalized spacial score (nSPS) is 41.0. The Kier molecular flexibility index (Phi) is 2.47. The van der Waals surface area contributed by atoms with Crippen LogP contribution in [-0.4, -0.2) is 38.9 Å². The summed E-state index contributed by atoms with van der Waals surface area (Å²) < 4.78 is 20.8. The van der Waals surface area contributed by atoms with Gasteiger partial charge in [-0.3, -0.25) is 4.79 Å². The second kappa shape index (κ2) is 3.49. The van der Waals surface area contributed by atoms with Gasteiger partial charge in [0.2, 0.25) is 0 Å². The minimum atomic E-state index is -1.20. The molecule has 2 aliphatic heterocycles. The lowest BCUT2D eigenvalue weighted by atomic mass is 9.96. The first-order chi connectivity index (χ1) is 6.72. The standard InChI is InChI=1S/C9H14O5/c1-11-8(10)7-4-3-6-5-13-9(7,12-2)14-6/h6-7H,3-5H2,1-2H3/t6?,7-,9?/m1/s1. The summed E-state index contributed by atoms with van der Waals surface area (Å²) in [5.74, 6) is -2.01. The number of fused-ring (bicyclic) bond motifs is 2. The smallest absolute Gasteiger partial charge is 0.316 e. The van der Waals surface area contributed by atoms with Crippen LogP contribution in [0, 0.1) is 5.92 Å². The van der Waals surface area contributed by atoms with Crippen molar-refractivity contribution in [2.75, 3.05) is 20.8 Å². The molecule has 0 N–H and O–H groups in total. The third-order valence-corrected chi connectivity index (χ3v) is 2.78. The van der Waals surface area contributed by atoms with Crippen molar-refractivity contribution in [3.05, 3.63) is 0 Å². The van der Waals surface area contributed by atoms with E-state index in [0.29, 0.717) is 13.0 Å². The third-order valence-electron chi connectivity index (χ3n) is 2.78. The molecule has 2 rings (SSSR count). The molecule has 5 heteroatoms. The van der Waals surface area contributed by atoms with Gasteiger partial charge in [0.15, 0.2) is 0 Å². The summed E-state index contributed by atoms with van der Waals surface area (Å²) in [4.78, 5) is 11.5. The Morgan fingerprint density at radius 1 is 1.43 bits per heavy atom. The zero-order chi connectivity index (χ0) is 10.2. The van der Waals surface area contributed by atoms with Gasteiger partial charge in [-0.1, -0.05) is 0 Å². The highest BCUT2D eigenvalue weighted by molar-refractivity contribution is 5.73.